The van der Waals surface area contributed by atoms with E-state index in [4.69, 9.17) is 5.11 Å². The van der Waals surface area contributed by atoms with Gasteiger partial charge in [-0.25, -0.2) is 0 Å². The Hall–Kier alpha value is -0.610. The van der Waals surface area contributed by atoms with E-state index in [2.05, 4.69) is 9.80 Å². The molecule has 2 rings (SSSR count). The summed E-state index contributed by atoms with van der Waals surface area (Å²) in [7, 11) is 0. The predicted octanol–water partition coefficient (Wildman–Crippen LogP) is 2.05. The zero-order valence-corrected chi connectivity index (χ0v) is 12.2. The number of hydrogen-bond donors (Lipinski definition) is 1. The first-order valence-electron chi connectivity index (χ1n) is 7.86. The van der Waals surface area contributed by atoms with Crippen LogP contribution in [0.25, 0.3) is 0 Å². The maximum absolute atomic E-state index is 11.1. The van der Waals surface area contributed by atoms with E-state index in [1.54, 1.807) is 6.92 Å². The third-order valence-corrected chi connectivity index (χ3v) is 4.77. The van der Waals surface area contributed by atoms with Crippen molar-refractivity contribution in [2.75, 3.05) is 32.7 Å². The van der Waals surface area contributed by atoms with Crippen LogP contribution in [0, 0.1) is 5.92 Å². The van der Waals surface area contributed by atoms with Crippen molar-refractivity contribution in [3.8, 4) is 0 Å². The Kier molecular flexibility index (Phi) is 5.64. The van der Waals surface area contributed by atoms with Gasteiger partial charge < -0.3 is 10.0 Å². The van der Waals surface area contributed by atoms with Crippen molar-refractivity contribution in [3.63, 3.8) is 0 Å². The molecule has 0 aromatic carbocycles. The fourth-order valence-corrected chi connectivity index (χ4v) is 3.45. The van der Waals surface area contributed by atoms with Crippen LogP contribution in [0.5, 0.6) is 0 Å². The highest BCUT2D eigenvalue weighted by Gasteiger charge is 2.24. The van der Waals surface area contributed by atoms with Crippen LogP contribution in [0.3, 0.4) is 0 Å². The summed E-state index contributed by atoms with van der Waals surface area (Å²) in [6.07, 6.45) is 8.11. The van der Waals surface area contributed by atoms with Crippen LogP contribution < -0.4 is 0 Å². The van der Waals surface area contributed by atoms with E-state index in [1.807, 2.05) is 0 Å². The van der Waals surface area contributed by atoms with Gasteiger partial charge in [-0.3, -0.25) is 9.69 Å². The van der Waals surface area contributed by atoms with Gasteiger partial charge in [-0.05, 0) is 38.6 Å². The lowest BCUT2D eigenvalue weighted by Crippen LogP contribution is -2.41. The monoisotopic (exact) mass is 268 g/mol. The van der Waals surface area contributed by atoms with Gasteiger partial charge in [0.15, 0.2) is 0 Å². The number of carboxylic acid groups (broad SMARTS) is 1. The van der Waals surface area contributed by atoms with Crippen molar-refractivity contribution in [2.45, 2.75) is 51.5 Å². The van der Waals surface area contributed by atoms with Crippen molar-refractivity contribution in [1.29, 1.82) is 0 Å². The van der Waals surface area contributed by atoms with Gasteiger partial charge in [0.2, 0.25) is 0 Å². The van der Waals surface area contributed by atoms with Gasteiger partial charge >= 0.3 is 5.97 Å². The van der Waals surface area contributed by atoms with Crippen LogP contribution >= 0.6 is 0 Å². The number of aliphatic carboxylic acids is 1. The maximum Gasteiger partial charge on any atom is 0.320 e. The van der Waals surface area contributed by atoms with Crippen molar-refractivity contribution in [3.05, 3.63) is 0 Å². The molecular weight excluding hydrogens is 240 g/mol. The van der Waals surface area contributed by atoms with E-state index >= 15 is 0 Å². The molecule has 1 saturated heterocycles. The predicted molar refractivity (Wildman–Crippen MR) is 76.3 cm³/mol. The standard InChI is InChI=1S/C15H28N2O2/c1-13(15(18)19)17-9-5-8-16(10-11-17)12-14-6-3-2-4-7-14/h13-14H,2-12H2,1H3,(H,18,19). The summed E-state index contributed by atoms with van der Waals surface area (Å²) < 4.78 is 0. The smallest absolute Gasteiger partial charge is 0.320 e. The Morgan fingerprint density at radius 1 is 1.11 bits per heavy atom. The van der Waals surface area contributed by atoms with Gasteiger partial charge in [-0.1, -0.05) is 19.3 Å². The first-order valence-corrected chi connectivity index (χ1v) is 7.86. The maximum atomic E-state index is 11.1. The fourth-order valence-electron chi connectivity index (χ4n) is 3.45. The van der Waals surface area contributed by atoms with E-state index < -0.39 is 5.97 Å². The topological polar surface area (TPSA) is 43.8 Å². The van der Waals surface area contributed by atoms with Gasteiger partial charge in [0.1, 0.15) is 6.04 Å². The van der Waals surface area contributed by atoms with E-state index in [9.17, 15) is 4.79 Å². The number of hydrogen-bond acceptors (Lipinski definition) is 3. The summed E-state index contributed by atoms with van der Waals surface area (Å²) in [5, 5.41) is 9.10. The normalized spacial score (nSPS) is 25.9. The molecule has 1 unspecified atom stereocenters. The van der Waals surface area contributed by atoms with E-state index in [1.165, 1.54) is 38.6 Å². The molecule has 0 amide bonds. The molecule has 0 aromatic rings. The highest BCUT2D eigenvalue weighted by Crippen LogP contribution is 2.24. The Bertz CT molecular complexity index is 290. The molecule has 2 fully saturated rings. The summed E-state index contributed by atoms with van der Waals surface area (Å²) in [6.45, 7) is 7.04. The highest BCUT2D eigenvalue weighted by atomic mass is 16.4. The number of carboxylic acids is 1. The molecule has 2 aliphatic rings. The minimum atomic E-state index is -0.694. The number of rotatable bonds is 4. The van der Waals surface area contributed by atoms with Crippen LogP contribution in [0.2, 0.25) is 0 Å². The number of nitrogens with zero attached hydrogens (tertiary/aromatic N) is 2. The molecule has 0 radical (unpaired) electrons. The molecule has 1 aliphatic heterocycles. The average molecular weight is 268 g/mol. The molecule has 0 aromatic heterocycles. The quantitative estimate of drug-likeness (QED) is 0.847. The SMILES string of the molecule is CC(C(=O)O)N1CCCN(CC2CCCCC2)CC1. The second kappa shape index (κ2) is 7.25. The Morgan fingerprint density at radius 3 is 2.53 bits per heavy atom. The molecule has 110 valence electrons. The molecule has 4 nitrogen and oxygen atoms in total. The Morgan fingerprint density at radius 2 is 1.84 bits per heavy atom. The third kappa shape index (κ3) is 4.46. The zero-order valence-electron chi connectivity index (χ0n) is 12.2. The molecule has 1 atom stereocenters. The van der Waals surface area contributed by atoms with Gasteiger partial charge in [0.05, 0.1) is 0 Å². The minimum absolute atomic E-state index is 0.338. The summed E-state index contributed by atoms with van der Waals surface area (Å²) >= 11 is 0. The molecule has 1 N–H and O–H groups in total. The molecule has 0 spiro atoms. The Labute approximate surface area is 116 Å². The van der Waals surface area contributed by atoms with Crippen molar-refractivity contribution >= 4 is 5.97 Å². The van der Waals surface area contributed by atoms with Gasteiger partial charge in [0, 0.05) is 26.2 Å². The van der Waals surface area contributed by atoms with Gasteiger partial charge in [-0.15, -0.1) is 0 Å². The third-order valence-electron chi connectivity index (χ3n) is 4.77. The Balaban J connectivity index is 1.77. The summed E-state index contributed by atoms with van der Waals surface area (Å²) in [6, 6.07) is -0.338. The highest BCUT2D eigenvalue weighted by molar-refractivity contribution is 5.72. The molecule has 1 heterocycles. The van der Waals surface area contributed by atoms with Crippen LogP contribution in [-0.4, -0.2) is 59.6 Å². The second-order valence-electron chi connectivity index (χ2n) is 6.21. The lowest BCUT2D eigenvalue weighted by atomic mass is 9.89. The molecule has 0 bridgehead atoms. The van der Waals surface area contributed by atoms with Crippen LogP contribution in [-0.2, 0) is 4.79 Å². The second-order valence-corrected chi connectivity index (χ2v) is 6.21. The average Bonchev–Trinajstić information content (AvgIpc) is 2.64. The fraction of sp³-hybridized carbons (Fsp3) is 0.933. The summed E-state index contributed by atoms with van der Waals surface area (Å²) in [5.74, 6) is 0.193. The molecule has 4 heteroatoms. The number of carbonyl (C=O) groups is 1. The minimum Gasteiger partial charge on any atom is -0.480 e. The van der Waals surface area contributed by atoms with Crippen molar-refractivity contribution < 1.29 is 9.90 Å². The van der Waals surface area contributed by atoms with Crippen LogP contribution in [0.4, 0.5) is 0 Å². The zero-order chi connectivity index (χ0) is 13.7. The molecule has 1 saturated carbocycles. The van der Waals surface area contributed by atoms with E-state index in [-0.39, 0.29) is 6.04 Å². The van der Waals surface area contributed by atoms with E-state index in [0.717, 1.165) is 38.5 Å². The molecule has 1 aliphatic carbocycles. The van der Waals surface area contributed by atoms with Crippen LogP contribution in [0.15, 0.2) is 0 Å². The van der Waals surface area contributed by atoms with Crippen molar-refractivity contribution in [1.82, 2.24) is 9.80 Å². The lowest BCUT2D eigenvalue weighted by molar-refractivity contribution is -0.142. The first kappa shape index (κ1) is 14.8. The van der Waals surface area contributed by atoms with Gasteiger partial charge in [-0.2, -0.15) is 0 Å². The van der Waals surface area contributed by atoms with Crippen LogP contribution in [0.1, 0.15) is 45.4 Å². The van der Waals surface area contributed by atoms with Crippen molar-refractivity contribution in [2.24, 2.45) is 5.92 Å². The molecular formula is C15H28N2O2. The lowest BCUT2D eigenvalue weighted by Gasteiger charge is -2.29. The largest absolute Gasteiger partial charge is 0.480 e. The van der Waals surface area contributed by atoms with Gasteiger partial charge in [0.25, 0.3) is 0 Å². The summed E-state index contributed by atoms with van der Waals surface area (Å²) in [5.41, 5.74) is 0. The van der Waals surface area contributed by atoms with E-state index in [0.29, 0.717) is 0 Å². The summed E-state index contributed by atoms with van der Waals surface area (Å²) in [4.78, 5) is 15.7. The first-order chi connectivity index (χ1) is 9.16. The molecule has 19 heavy (non-hydrogen) atoms.